The lowest BCUT2D eigenvalue weighted by molar-refractivity contribution is 0.0942. The van der Waals surface area contributed by atoms with Crippen LogP contribution in [0.3, 0.4) is 0 Å². The minimum atomic E-state index is -0.316. The van der Waals surface area contributed by atoms with Crippen LogP contribution in [0, 0.1) is 0 Å². The van der Waals surface area contributed by atoms with Crippen molar-refractivity contribution < 1.29 is 4.79 Å². The summed E-state index contributed by atoms with van der Waals surface area (Å²) in [7, 11) is 1.78. The zero-order valence-electron chi connectivity index (χ0n) is 15.5. The monoisotopic (exact) mass is 383 g/mol. The number of benzene rings is 2. The predicted molar refractivity (Wildman–Crippen MR) is 111 cm³/mol. The average molecular weight is 383 g/mol. The molecule has 0 saturated carbocycles. The summed E-state index contributed by atoms with van der Waals surface area (Å²) in [5, 5.41) is 10.1. The van der Waals surface area contributed by atoms with E-state index >= 15 is 0 Å². The normalized spacial score (nSPS) is 11.1. The van der Waals surface area contributed by atoms with Gasteiger partial charge in [0.15, 0.2) is 5.82 Å². The van der Waals surface area contributed by atoms with Crippen LogP contribution in [0.15, 0.2) is 67.0 Å². The number of hydrogen-bond acceptors (Lipinski definition) is 5. The molecule has 0 aliphatic rings. The molecule has 0 aliphatic carbocycles. The number of carbonyl (C=O) groups excluding carboxylic acids is 1. The summed E-state index contributed by atoms with van der Waals surface area (Å²) in [5.41, 5.74) is 7.79. The van der Waals surface area contributed by atoms with Gasteiger partial charge in [0, 0.05) is 30.4 Å². The van der Waals surface area contributed by atoms with Crippen molar-refractivity contribution >= 4 is 33.5 Å². The standard InChI is InChI=1S/C21H17N7O/c1-28(14-5-3-2-4-6-14)27-21(29)20-23-17-11-15-16(12-18(17)24-20)25-26-19(15)13-7-9-22-10-8-13/h2-12H,1H3,(H,23,24)(H,25,26)(H,27,29). The second kappa shape index (κ2) is 6.75. The number of pyridine rings is 1. The Morgan fingerprint density at radius 2 is 1.83 bits per heavy atom. The third kappa shape index (κ3) is 3.06. The Kier molecular flexibility index (Phi) is 3.94. The molecule has 3 heterocycles. The number of H-pyrrole nitrogens is 2. The van der Waals surface area contributed by atoms with Gasteiger partial charge < -0.3 is 4.98 Å². The number of hydrazine groups is 1. The smallest absolute Gasteiger partial charge is 0.305 e. The first-order valence-corrected chi connectivity index (χ1v) is 9.07. The van der Waals surface area contributed by atoms with Crippen LogP contribution < -0.4 is 10.4 Å². The molecule has 0 spiro atoms. The van der Waals surface area contributed by atoms with Gasteiger partial charge in [-0.1, -0.05) is 18.2 Å². The highest BCUT2D eigenvalue weighted by molar-refractivity contribution is 6.02. The highest BCUT2D eigenvalue weighted by Gasteiger charge is 2.16. The lowest BCUT2D eigenvalue weighted by Gasteiger charge is -2.19. The number of hydrogen-bond donors (Lipinski definition) is 3. The molecular formula is C21H17N7O. The Bertz CT molecular complexity index is 1310. The van der Waals surface area contributed by atoms with Gasteiger partial charge >= 0.3 is 5.91 Å². The molecule has 0 saturated heterocycles. The predicted octanol–water partition coefficient (Wildman–Crippen LogP) is 3.28. The van der Waals surface area contributed by atoms with Crippen molar-refractivity contribution in [3.8, 4) is 11.3 Å². The van der Waals surface area contributed by atoms with Gasteiger partial charge in [0.25, 0.3) is 0 Å². The Labute approximate surface area is 165 Å². The van der Waals surface area contributed by atoms with Crippen LogP contribution in [0.25, 0.3) is 33.2 Å². The quantitative estimate of drug-likeness (QED) is 0.413. The fourth-order valence-corrected chi connectivity index (χ4v) is 3.28. The summed E-state index contributed by atoms with van der Waals surface area (Å²) in [6, 6.07) is 17.2. The summed E-state index contributed by atoms with van der Waals surface area (Å²) in [6.45, 7) is 0. The van der Waals surface area contributed by atoms with Crippen molar-refractivity contribution in [3.63, 3.8) is 0 Å². The topological polar surface area (TPSA) is 103 Å². The summed E-state index contributed by atoms with van der Waals surface area (Å²) < 4.78 is 0. The van der Waals surface area contributed by atoms with Crippen LogP contribution >= 0.6 is 0 Å². The van der Waals surface area contributed by atoms with Crippen molar-refractivity contribution in [2.45, 2.75) is 0 Å². The Hall–Kier alpha value is -4.20. The molecular weight excluding hydrogens is 366 g/mol. The summed E-state index contributed by atoms with van der Waals surface area (Å²) in [6.07, 6.45) is 3.46. The van der Waals surface area contributed by atoms with Gasteiger partial charge in [0.2, 0.25) is 0 Å². The molecule has 0 atom stereocenters. The number of nitrogens with zero attached hydrogens (tertiary/aromatic N) is 4. The highest BCUT2D eigenvalue weighted by Crippen LogP contribution is 2.28. The number of aromatic amines is 2. The first kappa shape index (κ1) is 16.9. The summed E-state index contributed by atoms with van der Waals surface area (Å²) in [5.74, 6) is -0.0717. The first-order valence-electron chi connectivity index (χ1n) is 9.07. The van der Waals surface area contributed by atoms with Gasteiger partial charge in [-0.05, 0) is 36.4 Å². The molecule has 2 aromatic carbocycles. The zero-order chi connectivity index (χ0) is 19.8. The second-order valence-electron chi connectivity index (χ2n) is 6.64. The fraction of sp³-hybridized carbons (Fsp3) is 0.0476. The fourth-order valence-electron chi connectivity index (χ4n) is 3.28. The first-order chi connectivity index (χ1) is 14.2. The van der Waals surface area contributed by atoms with E-state index in [0.29, 0.717) is 5.52 Å². The van der Waals surface area contributed by atoms with E-state index in [0.717, 1.165) is 33.4 Å². The van der Waals surface area contributed by atoms with Crippen molar-refractivity contribution in [1.82, 2.24) is 30.6 Å². The van der Waals surface area contributed by atoms with E-state index in [1.165, 1.54) is 0 Å². The molecule has 0 unspecified atom stereocenters. The molecule has 29 heavy (non-hydrogen) atoms. The number of rotatable bonds is 4. The van der Waals surface area contributed by atoms with E-state index < -0.39 is 0 Å². The maximum atomic E-state index is 12.6. The average Bonchev–Trinajstić information content (AvgIpc) is 3.36. The molecule has 8 nitrogen and oxygen atoms in total. The van der Waals surface area contributed by atoms with E-state index in [-0.39, 0.29) is 11.7 Å². The van der Waals surface area contributed by atoms with Crippen LogP contribution in [0.4, 0.5) is 5.69 Å². The van der Waals surface area contributed by atoms with Gasteiger partial charge in [-0.25, -0.2) is 4.98 Å². The zero-order valence-corrected chi connectivity index (χ0v) is 15.5. The maximum Gasteiger partial charge on any atom is 0.305 e. The SMILES string of the molecule is CN(NC(=O)c1nc2cc3c(-c4ccncc4)n[nH]c3cc2[nH]1)c1ccccc1. The third-order valence-corrected chi connectivity index (χ3v) is 4.75. The second-order valence-corrected chi connectivity index (χ2v) is 6.64. The van der Waals surface area contributed by atoms with Gasteiger partial charge in [-0.3, -0.25) is 25.3 Å². The lowest BCUT2D eigenvalue weighted by atomic mass is 10.1. The van der Waals surface area contributed by atoms with E-state index in [1.54, 1.807) is 24.5 Å². The minimum Gasteiger partial charge on any atom is -0.334 e. The molecule has 5 rings (SSSR count). The molecule has 142 valence electrons. The minimum absolute atomic E-state index is 0.244. The summed E-state index contributed by atoms with van der Waals surface area (Å²) >= 11 is 0. The van der Waals surface area contributed by atoms with Crippen molar-refractivity contribution in [1.29, 1.82) is 0 Å². The highest BCUT2D eigenvalue weighted by atomic mass is 16.2. The van der Waals surface area contributed by atoms with Crippen LogP contribution in [-0.4, -0.2) is 38.1 Å². The van der Waals surface area contributed by atoms with Crippen molar-refractivity contribution in [2.24, 2.45) is 0 Å². The molecule has 0 bridgehead atoms. The molecule has 5 aromatic rings. The van der Waals surface area contributed by atoms with Crippen LogP contribution in [-0.2, 0) is 0 Å². The summed E-state index contributed by atoms with van der Waals surface area (Å²) in [4.78, 5) is 24.3. The molecule has 3 aromatic heterocycles. The molecule has 8 heteroatoms. The number of anilines is 1. The number of imidazole rings is 1. The Morgan fingerprint density at radius 1 is 1.03 bits per heavy atom. The van der Waals surface area contributed by atoms with E-state index in [4.69, 9.17) is 0 Å². The molecule has 3 N–H and O–H groups in total. The van der Waals surface area contributed by atoms with Crippen LogP contribution in [0.2, 0.25) is 0 Å². The number of para-hydroxylation sites is 1. The van der Waals surface area contributed by atoms with Gasteiger partial charge in [0.05, 0.1) is 22.2 Å². The molecule has 0 aliphatic heterocycles. The third-order valence-electron chi connectivity index (χ3n) is 4.75. The van der Waals surface area contributed by atoms with Gasteiger partial charge in [-0.15, -0.1) is 0 Å². The van der Waals surface area contributed by atoms with Gasteiger partial charge in [0.1, 0.15) is 5.69 Å². The molecule has 0 radical (unpaired) electrons. The van der Waals surface area contributed by atoms with E-state index in [1.807, 2.05) is 54.6 Å². The number of carbonyl (C=O) groups is 1. The van der Waals surface area contributed by atoms with Crippen LogP contribution in [0.5, 0.6) is 0 Å². The molecule has 0 fully saturated rings. The van der Waals surface area contributed by atoms with Gasteiger partial charge in [-0.2, -0.15) is 5.10 Å². The number of amides is 1. The maximum absolute atomic E-state index is 12.6. The van der Waals surface area contributed by atoms with Crippen molar-refractivity contribution in [2.75, 3.05) is 12.1 Å². The Morgan fingerprint density at radius 3 is 2.62 bits per heavy atom. The van der Waals surface area contributed by atoms with Crippen molar-refractivity contribution in [3.05, 3.63) is 72.8 Å². The van der Waals surface area contributed by atoms with E-state index in [2.05, 4.69) is 30.6 Å². The number of fused-ring (bicyclic) bond motifs is 2. The largest absolute Gasteiger partial charge is 0.334 e. The molecule has 1 amide bonds. The number of aromatic nitrogens is 5. The van der Waals surface area contributed by atoms with Crippen LogP contribution in [0.1, 0.15) is 10.6 Å². The van der Waals surface area contributed by atoms with E-state index in [9.17, 15) is 4.79 Å². The lowest BCUT2D eigenvalue weighted by Crippen LogP contribution is -2.39. The number of nitrogens with one attached hydrogen (secondary N) is 3. The Balaban J connectivity index is 1.48.